The fraction of sp³-hybridized carbons (Fsp3) is 0.480. The molecule has 29 heavy (non-hydrogen) atoms. The molecular formula is C25H32N2O2. The number of benzene rings is 2. The highest BCUT2D eigenvalue weighted by Gasteiger charge is 2.36. The molecule has 2 atom stereocenters. The minimum absolute atomic E-state index is 0.0649. The Morgan fingerprint density at radius 3 is 2.41 bits per heavy atom. The number of amides is 1. The second-order valence-electron chi connectivity index (χ2n) is 8.49. The van der Waals surface area contributed by atoms with Gasteiger partial charge in [-0.2, -0.15) is 0 Å². The maximum absolute atomic E-state index is 13.1. The molecule has 0 radical (unpaired) electrons. The molecule has 0 spiro atoms. The molecule has 154 valence electrons. The highest BCUT2D eigenvalue weighted by atomic mass is 16.5. The van der Waals surface area contributed by atoms with Crippen LogP contribution in [-0.4, -0.2) is 48.5 Å². The molecule has 2 aromatic carbocycles. The molecule has 2 aromatic rings. The van der Waals surface area contributed by atoms with Gasteiger partial charge in [0.15, 0.2) is 0 Å². The van der Waals surface area contributed by atoms with Gasteiger partial charge in [-0.1, -0.05) is 42.0 Å². The third-order valence-electron chi connectivity index (χ3n) is 6.55. The summed E-state index contributed by atoms with van der Waals surface area (Å²) in [6.45, 7) is 5.74. The van der Waals surface area contributed by atoms with Crippen molar-refractivity contribution in [1.29, 1.82) is 0 Å². The number of rotatable bonds is 5. The van der Waals surface area contributed by atoms with E-state index in [4.69, 9.17) is 4.74 Å². The van der Waals surface area contributed by atoms with Gasteiger partial charge in [-0.15, -0.1) is 0 Å². The smallest absolute Gasteiger partial charge is 0.240 e. The number of hydrogen-bond donors (Lipinski definition) is 0. The summed E-state index contributed by atoms with van der Waals surface area (Å²) >= 11 is 0. The first-order valence-electron chi connectivity index (χ1n) is 10.9. The van der Waals surface area contributed by atoms with Crippen LogP contribution in [0, 0.1) is 6.92 Å². The summed E-state index contributed by atoms with van der Waals surface area (Å²) in [7, 11) is 1.71. The summed E-state index contributed by atoms with van der Waals surface area (Å²) in [6, 6.07) is 17.1. The maximum Gasteiger partial charge on any atom is 0.240 e. The van der Waals surface area contributed by atoms with E-state index in [2.05, 4.69) is 60.4 Å². The van der Waals surface area contributed by atoms with Gasteiger partial charge in [-0.25, -0.2) is 0 Å². The Labute approximate surface area is 174 Å². The van der Waals surface area contributed by atoms with Crippen molar-refractivity contribution in [3.63, 3.8) is 0 Å². The molecule has 2 fully saturated rings. The third kappa shape index (κ3) is 4.64. The minimum Gasteiger partial charge on any atom is -0.497 e. The summed E-state index contributed by atoms with van der Waals surface area (Å²) in [4.78, 5) is 17.6. The summed E-state index contributed by atoms with van der Waals surface area (Å²) < 4.78 is 5.29. The van der Waals surface area contributed by atoms with Crippen LogP contribution in [0.15, 0.2) is 48.5 Å². The van der Waals surface area contributed by atoms with Crippen molar-refractivity contribution in [1.82, 2.24) is 9.80 Å². The number of carbonyl (C=O) groups is 1. The summed E-state index contributed by atoms with van der Waals surface area (Å²) in [6.07, 6.45) is 4.42. The van der Waals surface area contributed by atoms with Crippen molar-refractivity contribution >= 4 is 5.91 Å². The van der Waals surface area contributed by atoms with E-state index in [-0.39, 0.29) is 6.04 Å². The van der Waals surface area contributed by atoms with Gasteiger partial charge in [-0.05, 0) is 74.9 Å². The summed E-state index contributed by atoms with van der Waals surface area (Å²) in [5.74, 6) is 1.80. The zero-order valence-corrected chi connectivity index (χ0v) is 17.6. The van der Waals surface area contributed by atoms with Crippen LogP contribution < -0.4 is 4.74 Å². The number of carbonyl (C=O) groups excluding carboxylic acids is 1. The molecule has 0 bridgehead atoms. The molecule has 2 heterocycles. The largest absolute Gasteiger partial charge is 0.497 e. The number of methoxy groups -OCH3 is 1. The van der Waals surface area contributed by atoms with Gasteiger partial charge in [0.2, 0.25) is 5.91 Å². The Morgan fingerprint density at radius 2 is 1.69 bits per heavy atom. The minimum atomic E-state index is 0.0649. The van der Waals surface area contributed by atoms with Crippen LogP contribution in [0.5, 0.6) is 5.75 Å². The molecule has 4 nitrogen and oxygen atoms in total. The zero-order chi connectivity index (χ0) is 20.2. The number of likely N-dealkylation sites (tertiary alicyclic amines) is 2. The van der Waals surface area contributed by atoms with Gasteiger partial charge in [-0.3, -0.25) is 9.69 Å². The molecule has 1 amide bonds. The lowest BCUT2D eigenvalue weighted by Crippen LogP contribution is -2.42. The van der Waals surface area contributed by atoms with Crippen LogP contribution in [0.2, 0.25) is 0 Å². The standard InChI is InChI=1S/C25H32N2O2/c1-19-5-7-20(8-6-19)18-27-17-14-24(25(27)28)26-15-3-4-21(13-16-26)22-9-11-23(29-2)12-10-22/h5-12,21,24H,3-4,13-18H2,1-2H3. The number of ether oxygens (including phenoxy) is 1. The van der Waals surface area contributed by atoms with Crippen molar-refractivity contribution in [3.8, 4) is 5.75 Å². The lowest BCUT2D eigenvalue weighted by atomic mass is 9.92. The molecule has 2 aliphatic heterocycles. The fourth-order valence-electron chi connectivity index (χ4n) is 4.77. The quantitative estimate of drug-likeness (QED) is 0.757. The van der Waals surface area contributed by atoms with E-state index in [0.717, 1.165) is 51.2 Å². The molecule has 2 saturated heterocycles. The summed E-state index contributed by atoms with van der Waals surface area (Å²) in [5.41, 5.74) is 3.88. The Bertz CT molecular complexity index is 816. The Hall–Kier alpha value is -2.33. The fourth-order valence-corrected chi connectivity index (χ4v) is 4.77. The molecule has 2 unspecified atom stereocenters. The average molecular weight is 393 g/mol. The SMILES string of the molecule is COc1ccc(C2CCCN(C3CCN(Cc4ccc(C)cc4)C3=O)CC2)cc1. The van der Waals surface area contributed by atoms with E-state index in [1.54, 1.807) is 7.11 Å². The van der Waals surface area contributed by atoms with Crippen LogP contribution in [0.1, 0.15) is 48.3 Å². The van der Waals surface area contributed by atoms with E-state index < -0.39 is 0 Å². The first-order valence-corrected chi connectivity index (χ1v) is 10.9. The maximum atomic E-state index is 13.1. The highest BCUT2D eigenvalue weighted by molar-refractivity contribution is 5.84. The molecule has 0 saturated carbocycles. The zero-order valence-electron chi connectivity index (χ0n) is 17.6. The molecule has 4 heteroatoms. The number of nitrogens with zero attached hydrogens (tertiary/aromatic N) is 2. The Kier molecular flexibility index (Phi) is 6.19. The molecule has 0 aliphatic carbocycles. The monoisotopic (exact) mass is 392 g/mol. The molecule has 4 rings (SSSR count). The predicted molar refractivity (Wildman–Crippen MR) is 116 cm³/mol. The Balaban J connectivity index is 1.35. The van der Waals surface area contributed by atoms with Gasteiger partial charge < -0.3 is 9.64 Å². The van der Waals surface area contributed by atoms with E-state index in [0.29, 0.717) is 11.8 Å². The van der Waals surface area contributed by atoms with Gasteiger partial charge in [0, 0.05) is 13.1 Å². The summed E-state index contributed by atoms with van der Waals surface area (Å²) in [5, 5.41) is 0. The average Bonchev–Trinajstić information content (AvgIpc) is 2.95. The van der Waals surface area contributed by atoms with Crippen molar-refractivity contribution < 1.29 is 9.53 Å². The third-order valence-corrected chi connectivity index (χ3v) is 6.55. The van der Waals surface area contributed by atoms with Crippen LogP contribution in [0.25, 0.3) is 0 Å². The Morgan fingerprint density at radius 1 is 0.931 bits per heavy atom. The van der Waals surface area contributed by atoms with E-state index in [1.807, 2.05) is 4.90 Å². The molecule has 2 aliphatic rings. The highest BCUT2D eigenvalue weighted by Crippen LogP contribution is 2.31. The van der Waals surface area contributed by atoms with Crippen LogP contribution in [0.3, 0.4) is 0 Å². The molecular weight excluding hydrogens is 360 g/mol. The normalized spacial score (nSPS) is 23.2. The van der Waals surface area contributed by atoms with Gasteiger partial charge in [0.1, 0.15) is 5.75 Å². The second-order valence-corrected chi connectivity index (χ2v) is 8.49. The lowest BCUT2D eigenvalue weighted by Gasteiger charge is -2.26. The predicted octanol–water partition coefficient (Wildman–Crippen LogP) is 4.37. The first-order chi connectivity index (χ1) is 14.1. The van der Waals surface area contributed by atoms with Crippen LogP contribution in [-0.2, 0) is 11.3 Å². The second kappa shape index (κ2) is 9.00. The lowest BCUT2D eigenvalue weighted by molar-refractivity contribution is -0.132. The number of hydrogen-bond acceptors (Lipinski definition) is 3. The van der Waals surface area contributed by atoms with E-state index in [1.165, 1.54) is 23.1 Å². The topological polar surface area (TPSA) is 32.8 Å². The van der Waals surface area contributed by atoms with Crippen molar-refractivity contribution in [3.05, 3.63) is 65.2 Å². The van der Waals surface area contributed by atoms with Gasteiger partial charge in [0.25, 0.3) is 0 Å². The van der Waals surface area contributed by atoms with Crippen molar-refractivity contribution in [2.75, 3.05) is 26.7 Å². The van der Waals surface area contributed by atoms with Crippen molar-refractivity contribution in [2.24, 2.45) is 0 Å². The van der Waals surface area contributed by atoms with Crippen LogP contribution in [0.4, 0.5) is 0 Å². The molecule has 0 N–H and O–H groups in total. The molecule has 0 aromatic heterocycles. The van der Waals surface area contributed by atoms with Crippen LogP contribution >= 0.6 is 0 Å². The van der Waals surface area contributed by atoms with E-state index >= 15 is 0 Å². The number of aryl methyl sites for hydroxylation is 1. The first kappa shape index (κ1) is 20.0. The van der Waals surface area contributed by atoms with E-state index in [9.17, 15) is 4.79 Å². The van der Waals surface area contributed by atoms with Gasteiger partial charge in [0.05, 0.1) is 13.2 Å². The van der Waals surface area contributed by atoms with Crippen molar-refractivity contribution in [2.45, 2.75) is 51.1 Å². The van der Waals surface area contributed by atoms with Gasteiger partial charge >= 0.3 is 0 Å².